The van der Waals surface area contributed by atoms with Gasteiger partial charge < -0.3 is 9.64 Å². The fourth-order valence-corrected chi connectivity index (χ4v) is 2.66. The van der Waals surface area contributed by atoms with Gasteiger partial charge in [-0.2, -0.15) is 0 Å². The van der Waals surface area contributed by atoms with Crippen molar-refractivity contribution in [2.75, 3.05) is 19.7 Å². The zero-order valence-electron chi connectivity index (χ0n) is 10.1. The topological polar surface area (TPSA) is 46.6 Å². The summed E-state index contributed by atoms with van der Waals surface area (Å²) >= 11 is 0. The standard InChI is InChI=1S/C12H19NO3/c1-4-16-12(15)10-8-5-13(6-9(8)10)11(14)7(2)3/h7-10H,4-6H2,1-3H3. The molecule has 0 aromatic rings. The van der Waals surface area contributed by atoms with Crippen molar-refractivity contribution in [1.29, 1.82) is 0 Å². The predicted octanol–water partition coefficient (Wildman–Crippen LogP) is 0.910. The summed E-state index contributed by atoms with van der Waals surface area (Å²) in [5, 5.41) is 0. The third-order valence-electron chi connectivity index (χ3n) is 3.56. The number of nitrogens with zero attached hydrogens (tertiary/aromatic N) is 1. The molecule has 0 radical (unpaired) electrons. The van der Waals surface area contributed by atoms with Gasteiger partial charge in [-0.25, -0.2) is 0 Å². The first kappa shape index (κ1) is 11.4. The number of ether oxygens (including phenoxy) is 1. The summed E-state index contributed by atoms with van der Waals surface area (Å²) < 4.78 is 5.00. The van der Waals surface area contributed by atoms with Gasteiger partial charge in [0.1, 0.15) is 0 Å². The molecule has 4 heteroatoms. The SMILES string of the molecule is CCOC(=O)C1C2CN(C(=O)C(C)C)CC21. The molecule has 2 aliphatic rings. The second-order valence-electron chi connectivity index (χ2n) is 5.00. The van der Waals surface area contributed by atoms with E-state index >= 15 is 0 Å². The van der Waals surface area contributed by atoms with Crippen LogP contribution < -0.4 is 0 Å². The van der Waals surface area contributed by atoms with E-state index < -0.39 is 0 Å². The fourth-order valence-electron chi connectivity index (χ4n) is 2.66. The molecule has 2 atom stereocenters. The maximum absolute atomic E-state index is 11.7. The van der Waals surface area contributed by atoms with Crippen LogP contribution in [0.2, 0.25) is 0 Å². The number of piperidine rings is 1. The van der Waals surface area contributed by atoms with Gasteiger partial charge in [-0.3, -0.25) is 9.59 Å². The Morgan fingerprint density at radius 1 is 1.31 bits per heavy atom. The molecule has 1 saturated carbocycles. The van der Waals surface area contributed by atoms with Crippen molar-refractivity contribution in [3.8, 4) is 0 Å². The van der Waals surface area contributed by atoms with E-state index in [2.05, 4.69) is 0 Å². The molecule has 1 heterocycles. The highest BCUT2D eigenvalue weighted by molar-refractivity contribution is 5.81. The molecule has 90 valence electrons. The van der Waals surface area contributed by atoms with Gasteiger partial charge in [0.25, 0.3) is 0 Å². The average Bonchev–Trinajstić information content (AvgIpc) is 2.73. The first-order valence-electron chi connectivity index (χ1n) is 6.01. The fraction of sp³-hybridized carbons (Fsp3) is 0.833. The average molecular weight is 225 g/mol. The lowest BCUT2D eigenvalue weighted by atomic mass is 10.1. The minimum absolute atomic E-state index is 0.0542. The van der Waals surface area contributed by atoms with E-state index in [1.807, 2.05) is 25.7 Å². The number of esters is 1. The highest BCUT2D eigenvalue weighted by atomic mass is 16.5. The van der Waals surface area contributed by atoms with E-state index in [0.717, 1.165) is 13.1 Å². The second-order valence-corrected chi connectivity index (χ2v) is 5.00. The van der Waals surface area contributed by atoms with Crippen molar-refractivity contribution in [3.05, 3.63) is 0 Å². The lowest BCUT2D eigenvalue weighted by molar-refractivity contribution is -0.146. The van der Waals surface area contributed by atoms with E-state index in [1.165, 1.54) is 0 Å². The van der Waals surface area contributed by atoms with Gasteiger partial charge in [-0.05, 0) is 18.8 Å². The Hall–Kier alpha value is -1.06. The van der Waals surface area contributed by atoms with Crippen molar-refractivity contribution >= 4 is 11.9 Å². The van der Waals surface area contributed by atoms with E-state index in [-0.39, 0.29) is 23.7 Å². The third kappa shape index (κ3) is 1.81. The van der Waals surface area contributed by atoms with Crippen LogP contribution >= 0.6 is 0 Å². The van der Waals surface area contributed by atoms with Crippen molar-refractivity contribution in [2.24, 2.45) is 23.7 Å². The van der Waals surface area contributed by atoms with E-state index in [4.69, 9.17) is 4.74 Å². The Morgan fingerprint density at radius 3 is 2.31 bits per heavy atom. The highest BCUT2D eigenvalue weighted by Crippen LogP contribution is 2.52. The molecule has 0 N–H and O–H groups in total. The second kappa shape index (κ2) is 4.07. The van der Waals surface area contributed by atoms with Crippen LogP contribution in [0.15, 0.2) is 0 Å². The highest BCUT2D eigenvalue weighted by Gasteiger charge is 2.61. The number of carbonyl (C=O) groups is 2. The summed E-state index contributed by atoms with van der Waals surface area (Å²) in [5.41, 5.74) is 0. The van der Waals surface area contributed by atoms with Crippen molar-refractivity contribution in [3.63, 3.8) is 0 Å². The summed E-state index contributed by atoms with van der Waals surface area (Å²) in [6.07, 6.45) is 0. The first-order valence-corrected chi connectivity index (χ1v) is 6.01. The van der Waals surface area contributed by atoms with Gasteiger partial charge in [-0.15, -0.1) is 0 Å². The minimum Gasteiger partial charge on any atom is -0.466 e. The van der Waals surface area contributed by atoms with Crippen LogP contribution in [0.4, 0.5) is 0 Å². The number of hydrogen-bond acceptors (Lipinski definition) is 3. The number of amides is 1. The van der Waals surface area contributed by atoms with Gasteiger partial charge in [0, 0.05) is 19.0 Å². The van der Waals surface area contributed by atoms with Crippen LogP contribution in [0.3, 0.4) is 0 Å². The maximum Gasteiger partial charge on any atom is 0.309 e. The summed E-state index contributed by atoms with van der Waals surface area (Å²) in [4.78, 5) is 25.1. The first-order chi connectivity index (χ1) is 7.56. The summed E-state index contributed by atoms with van der Waals surface area (Å²) in [6, 6.07) is 0. The zero-order valence-corrected chi connectivity index (χ0v) is 10.1. The van der Waals surface area contributed by atoms with Crippen LogP contribution in [0.25, 0.3) is 0 Å². The smallest absolute Gasteiger partial charge is 0.309 e. The van der Waals surface area contributed by atoms with E-state index in [0.29, 0.717) is 18.4 Å². The molecule has 2 rings (SSSR count). The zero-order chi connectivity index (χ0) is 11.9. The monoisotopic (exact) mass is 225 g/mol. The van der Waals surface area contributed by atoms with Crippen molar-refractivity contribution in [2.45, 2.75) is 20.8 Å². The largest absolute Gasteiger partial charge is 0.466 e. The molecular weight excluding hydrogens is 206 g/mol. The summed E-state index contributed by atoms with van der Waals surface area (Å²) in [7, 11) is 0. The van der Waals surface area contributed by atoms with Gasteiger partial charge in [0.05, 0.1) is 12.5 Å². The van der Waals surface area contributed by atoms with Crippen LogP contribution in [-0.2, 0) is 14.3 Å². The quantitative estimate of drug-likeness (QED) is 0.671. The molecule has 2 fully saturated rings. The molecule has 16 heavy (non-hydrogen) atoms. The van der Waals surface area contributed by atoms with Crippen molar-refractivity contribution in [1.82, 2.24) is 4.90 Å². The Bertz CT molecular complexity index is 301. The Kier molecular flexibility index (Phi) is 2.91. The third-order valence-corrected chi connectivity index (χ3v) is 3.56. The molecule has 1 amide bonds. The van der Waals surface area contributed by atoms with Gasteiger partial charge in [0.2, 0.25) is 5.91 Å². The van der Waals surface area contributed by atoms with Gasteiger partial charge in [0.15, 0.2) is 0 Å². The molecular formula is C12H19NO3. The van der Waals surface area contributed by atoms with Crippen LogP contribution in [0.5, 0.6) is 0 Å². The van der Waals surface area contributed by atoms with Gasteiger partial charge >= 0.3 is 5.97 Å². The summed E-state index contributed by atoms with van der Waals surface area (Å²) in [6.45, 7) is 7.58. The Morgan fingerprint density at radius 2 is 1.88 bits per heavy atom. The molecule has 0 bridgehead atoms. The maximum atomic E-state index is 11.7. The lowest BCUT2D eigenvalue weighted by Gasteiger charge is -2.21. The predicted molar refractivity (Wildman–Crippen MR) is 58.5 cm³/mol. The molecule has 0 aromatic heterocycles. The normalized spacial score (nSPS) is 31.5. The Balaban J connectivity index is 1.84. The molecule has 1 aliphatic heterocycles. The number of rotatable bonds is 3. The number of hydrogen-bond donors (Lipinski definition) is 0. The molecule has 1 saturated heterocycles. The number of fused-ring (bicyclic) bond motifs is 1. The van der Waals surface area contributed by atoms with E-state index in [1.54, 1.807) is 0 Å². The van der Waals surface area contributed by atoms with Crippen molar-refractivity contribution < 1.29 is 14.3 Å². The van der Waals surface area contributed by atoms with Crippen LogP contribution in [0, 0.1) is 23.7 Å². The molecule has 0 aromatic carbocycles. The molecule has 0 spiro atoms. The lowest BCUT2D eigenvalue weighted by Crippen LogP contribution is -2.35. The minimum atomic E-state index is -0.0749. The summed E-state index contributed by atoms with van der Waals surface area (Å²) in [5.74, 6) is 0.974. The molecule has 1 aliphatic carbocycles. The number of carbonyl (C=O) groups excluding carboxylic acids is 2. The van der Waals surface area contributed by atoms with E-state index in [9.17, 15) is 9.59 Å². The molecule has 4 nitrogen and oxygen atoms in total. The van der Waals surface area contributed by atoms with Crippen LogP contribution in [-0.4, -0.2) is 36.5 Å². The van der Waals surface area contributed by atoms with Gasteiger partial charge in [-0.1, -0.05) is 13.8 Å². The Labute approximate surface area is 95.9 Å². The number of likely N-dealkylation sites (tertiary alicyclic amines) is 1. The molecule has 2 unspecified atom stereocenters. The van der Waals surface area contributed by atoms with Crippen LogP contribution in [0.1, 0.15) is 20.8 Å².